The summed E-state index contributed by atoms with van der Waals surface area (Å²) in [5.41, 5.74) is 0.0291. The first-order valence-electron chi connectivity index (χ1n) is 4.97. The first-order valence-corrected chi connectivity index (χ1v) is 4.97. The third-order valence-corrected chi connectivity index (χ3v) is 2.12. The molecule has 0 saturated heterocycles. The third-order valence-electron chi connectivity index (χ3n) is 2.12. The molecule has 6 nitrogen and oxygen atoms in total. The average molecular weight is 230 g/mol. The molecule has 6 heteroatoms. The maximum absolute atomic E-state index is 11.5. The molecule has 2 aromatic rings. The molecule has 2 rings (SSSR count). The third kappa shape index (κ3) is 2.54. The zero-order chi connectivity index (χ0) is 12.3. The lowest BCUT2D eigenvalue weighted by Gasteiger charge is -1.96. The van der Waals surface area contributed by atoms with Crippen molar-refractivity contribution < 1.29 is 0 Å². The minimum atomic E-state index is -0.550. The number of aromatic amines is 2. The van der Waals surface area contributed by atoms with Crippen LogP contribution in [0, 0.1) is 6.92 Å². The zero-order valence-electron chi connectivity index (χ0n) is 9.10. The Morgan fingerprint density at radius 3 is 2.35 bits per heavy atom. The average Bonchev–Trinajstić information content (AvgIpc) is 2.29. The lowest BCUT2D eigenvalue weighted by molar-refractivity contribution is 0.977. The molecule has 0 bridgehead atoms. The van der Waals surface area contributed by atoms with Gasteiger partial charge in [0.05, 0.1) is 5.69 Å². The van der Waals surface area contributed by atoms with Crippen molar-refractivity contribution in [2.24, 2.45) is 10.2 Å². The van der Waals surface area contributed by atoms with Gasteiger partial charge < -0.3 is 4.98 Å². The highest BCUT2D eigenvalue weighted by atomic mass is 16.2. The molecule has 1 aromatic heterocycles. The minimum absolute atomic E-state index is 0.105. The van der Waals surface area contributed by atoms with E-state index in [-0.39, 0.29) is 5.69 Å². The maximum Gasteiger partial charge on any atom is 0.326 e. The van der Waals surface area contributed by atoms with Crippen molar-refractivity contribution >= 4 is 11.4 Å². The molecular weight excluding hydrogens is 220 g/mol. The van der Waals surface area contributed by atoms with E-state index in [1.807, 2.05) is 18.2 Å². The highest BCUT2D eigenvalue weighted by molar-refractivity contribution is 5.40. The SMILES string of the molecule is Cc1[nH]c(=O)[nH]c(=O)c1N=Nc1ccccc1. The number of azo groups is 1. The number of hydrogen-bond donors (Lipinski definition) is 2. The van der Waals surface area contributed by atoms with E-state index in [9.17, 15) is 9.59 Å². The Bertz CT molecular complexity index is 655. The normalized spacial score (nSPS) is 10.9. The lowest BCUT2D eigenvalue weighted by atomic mass is 10.3. The van der Waals surface area contributed by atoms with E-state index in [0.717, 1.165) is 0 Å². The fourth-order valence-electron chi connectivity index (χ4n) is 1.32. The highest BCUT2D eigenvalue weighted by Crippen LogP contribution is 2.15. The van der Waals surface area contributed by atoms with Gasteiger partial charge in [0.2, 0.25) is 0 Å². The first kappa shape index (κ1) is 11.0. The molecule has 0 aliphatic carbocycles. The predicted octanol–water partition coefficient (Wildman–Crippen LogP) is 1.79. The Balaban J connectivity index is 2.41. The van der Waals surface area contributed by atoms with Gasteiger partial charge in [0.15, 0.2) is 5.69 Å². The van der Waals surface area contributed by atoms with Crippen LogP contribution < -0.4 is 11.2 Å². The Hall–Kier alpha value is -2.50. The van der Waals surface area contributed by atoms with Gasteiger partial charge in [0.25, 0.3) is 5.56 Å². The maximum atomic E-state index is 11.5. The molecule has 0 atom stereocenters. The lowest BCUT2D eigenvalue weighted by Crippen LogP contribution is -2.22. The quantitative estimate of drug-likeness (QED) is 0.770. The van der Waals surface area contributed by atoms with E-state index in [1.165, 1.54) is 0 Å². The molecule has 17 heavy (non-hydrogen) atoms. The number of nitrogens with zero attached hydrogens (tertiary/aromatic N) is 2. The topological polar surface area (TPSA) is 90.4 Å². The second-order valence-electron chi connectivity index (χ2n) is 3.42. The van der Waals surface area contributed by atoms with Crippen molar-refractivity contribution in [3.63, 3.8) is 0 Å². The smallest absolute Gasteiger partial charge is 0.309 e. The van der Waals surface area contributed by atoms with Crippen LogP contribution in [0.4, 0.5) is 11.4 Å². The van der Waals surface area contributed by atoms with Crippen molar-refractivity contribution in [1.29, 1.82) is 0 Å². The van der Waals surface area contributed by atoms with E-state index >= 15 is 0 Å². The van der Waals surface area contributed by atoms with Crippen molar-refractivity contribution in [2.45, 2.75) is 6.92 Å². The van der Waals surface area contributed by atoms with Gasteiger partial charge in [-0.05, 0) is 19.1 Å². The van der Waals surface area contributed by atoms with Crippen LogP contribution in [0.1, 0.15) is 5.69 Å². The van der Waals surface area contributed by atoms with Crippen molar-refractivity contribution in [2.75, 3.05) is 0 Å². The summed E-state index contributed by atoms with van der Waals surface area (Å²) in [5.74, 6) is 0. The zero-order valence-corrected chi connectivity index (χ0v) is 9.10. The van der Waals surface area contributed by atoms with Crippen LogP contribution in [0.5, 0.6) is 0 Å². The summed E-state index contributed by atoms with van der Waals surface area (Å²) in [6.07, 6.45) is 0. The largest absolute Gasteiger partial charge is 0.326 e. The van der Waals surface area contributed by atoms with Crippen LogP contribution in [0.25, 0.3) is 0 Å². The van der Waals surface area contributed by atoms with Crippen LogP contribution in [0.2, 0.25) is 0 Å². The summed E-state index contributed by atoms with van der Waals surface area (Å²) in [5, 5.41) is 7.74. The molecule has 1 aromatic carbocycles. The summed E-state index contributed by atoms with van der Waals surface area (Å²) in [4.78, 5) is 27.0. The van der Waals surface area contributed by atoms with Gasteiger partial charge in [-0.25, -0.2) is 4.79 Å². The summed E-state index contributed by atoms with van der Waals surface area (Å²) in [6, 6.07) is 9.02. The van der Waals surface area contributed by atoms with Crippen molar-refractivity contribution in [3.05, 3.63) is 56.9 Å². The first-order chi connectivity index (χ1) is 8.16. The van der Waals surface area contributed by atoms with Crippen molar-refractivity contribution in [3.8, 4) is 0 Å². The standard InChI is InChI=1S/C11H10N4O2/c1-7-9(10(16)13-11(17)12-7)15-14-8-5-3-2-4-6-8/h2-6H,1H3,(H2,12,13,16,17). The van der Waals surface area contributed by atoms with Gasteiger partial charge in [-0.15, -0.1) is 5.11 Å². The fraction of sp³-hybridized carbons (Fsp3) is 0.0909. The minimum Gasteiger partial charge on any atom is -0.309 e. The summed E-state index contributed by atoms with van der Waals surface area (Å²) in [6.45, 7) is 1.59. The molecule has 2 N–H and O–H groups in total. The molecule has 86 valence electrons. The second kappa shape index (κ2) is 4.56. The van der Waals surface area contributed by atoms with Gasteiger partial charge in [0.1, 0.15) is 0 Å². The van der Waals surface area contributed by atoms with Gasteiger partial charge >= 0.3 is 5.69 Å². The number of nitrogens with one attached hydrogen (secondary N) is 2. The number of aromatic nitrogens is 2. The molecule has 0 aliphatic heterocycles. The molecule has 0 unspecified atom stereocenters. The second-order valence-corrected chi connectivity index (χ2v) is 3.42. The molecular formula is C11H10N4O2. The molecule has 0 radical (unpaired) electrons. The van der Waals surface area contributed by atoms with Crippen LogP contribution in [-0.2, 0) is 0 Å². The molecule has 0 aliphatic rings. The Morgan fingerprint density at radius 2 is 1.71 bits per heavy atom. The van der Waals surface area contributed by atoms with Crippen molar-refractivity contribution in [1.82, 2.24) is 9.97 Å². The number of H-pyrrole nitrogens is 2. The van der Waals surface area contributed by atoms with E-state index in [4.69, 9.17) is 0 Å². The molecule has 0 amide bonds. The monoisotopic (exact) mass is 230 g/mol. The summed E-state index contributed by atoms with van der Waals surface area (Å²) in [7, 11) is 0. The van der Waals surface area contributed by atoms with Crippen LogP contribution in [0.15, 0.2) is 50.1 Å². The van der Waals surface area contributed by atoms with Gasteiger partial charge in [-0.3, -0.25) is 9.78 Å². The Kier molecular flexibility index (Phi) is 2.95. The Labute approximate surface area is 96.1 Å². The number of aryl methyl sites for hydroxylation is 1. The van der Waals surface area contributed by atoms with E-state index in [1.54, 1.807) is 19.1 Å². The van der Waals surface area contributed by atoms with E-state index in [2.05, 4.69) is 20.2 Å². The fourth-order valence-corrected chi connectivity index (χ4v) is 1.32. The number of rotatable bonds is 2. The van der Waals surface area contributed by atoms with Gasteiger partial charge in [-0.2, -0.15) is 5.11 Å². The summed E-state index contributed by atoms with van der Waals surface area (Å²) >= 11 is 0. The Morgan fingerprint density at radius 1 is 1.00 bits per heavy atom. The molecule has 0 spiro atoms. The van der Waals surface area contributed by atoms with E-state index in [0.29, 0.717) is 11.4 Å². The number of benzene rings is 1. The molecule has 0 saturated carbocycles. The number of hydrogen-bond acceptors (Lipinski definition) is 4. The van der Waals surface area contributed by atoms with Crippen LogP contribution in [-0.4, -0.2) is 9.97 Å². The van der Waals surface area contributed by atoms with Gasteiger partial charge in [-0.1, -0.05) is 18.2 Å². The highest BCUT2D eigenvalue weighted by Gasteiger charge is 2.03. The van der Waals surface area contributed by atoms with Gasteiger partial charge in [0, 0.05) is 5.69 Å². The summed E-state index contributed by atoms with van der Waals surface area (Å²) < 4.78 is 0. The molecule has 0 fully saturated rings. The van der Waals surface area contributed by atoms with Crippen LogP contribution >= 0.6 is 0 Å². The van der Waals surface area contributed by atoms with Crippen LogP contribution in [0.3, 0.4) is 0 Å². The molecule has 1 heterocycles. The predicted molar refractivity (Wildman–Crippen MR) is 63.0 cm³/mol. The van der Waals surface area contributed by atoms with E-state index < -0.39 is 11.2 Å².